The summed E-state index contributed by atoms with van der Waals surface area (Å²) in [5.74, 6) is -0.824. The lowest BCUT2D eigenvalue weighted by atomic mass is 10.1. The highest BCUT2D eigenvalue weighted by molar-refractivity contribution is 6.10. The minimum Gasteiger partial charge on any atom is -0.456 e. The SMILES string of the molecule is Cc1[nH]c2ccccc2c1C(=O)COC(=O)[C@@H](Cc1ccccc1)n1cnnn1. The Kier molecular flexibility index (Phi) is 5.15. The van der Waals surface area contributed by atoms with Crippen LogP contribution in [0.1, 0.15) is 27.7 Å². The summed E-state index contributed by atoms with van der Waals surface area (Å²) >= 11 is 0. The van der Waals surface area contributed by atoms with Crippen LogP contribution in [0.2, 0.25) is 0 Å². The molecule has 2 heterocycles. The number of carbonyl (C=O) groups is 2. The van der Waals surface area contributed by atoms with Crippen molar-refractivity contribution in [1.82, 2.24) is 25.2 Å². The molecule has 8 heteroatoms. The lowest BCUT2D eigenvalue weighted by Crippen LogP contribution is -2.27. The summed E-state index contributed by atoms with van der Waals surface area (Å²) in [6.07, 6.45) is 1.71. The van der Waals surface area contributed by atoms with Crippen LogP contribution in [0.25, 0.3) is 10.9 Å². The zero-order valence-electron chi connectivity index (χ0n) is 15.8. The van der Waals surface area contributed by atoms with Gasteiger partial charge in [-0.2, -0.15) is 0 Å². The Balaban J connectivity index is 1.50. The number of para-hydroxylation sites is 1. The largest absolute Gasteiger partial charge is 0.456 e. The number of ketones is 1. The van der Waals surface area contributed by atoms with E-state index < -0.39 is 12.0 Å². The maximum Gasteiger partial charge on any atom is 0.331 e. The van der Waals surface area contributed by atoms with Crippen molar-refractivity contribution in [3.8, 4) is 0 Å². The van der Waals surface area contributed by atoms with Gasteiger partial charge >= 0.3 is 5.97 Å². The van der Waals surface area contributed by atoms with E-state index in [1.165, 1.54) is 11.0 Å². The molecule has 0 radical (unpaired) electrons. The van der Waals surface area contributed by atoms with Crippen LogP contribution < -0.4 is 0 Å². The fourth-order valence-corrected chi connectivity index (χ4v) is 3.37. The predicted octanol–water partition coefficient (Wildman–Crippen LogP) is 2.67. The zero-order chi connectivity index (χ0) is 20.2. The number of aryl methyl sites for hydroxylation is 1. The molecule has 0 spiro atoms. The average Bonchev–Trinajstić information content (AvgIpc) is 3.38. The lowest BCUT2D eigenvalue weighted by molar-refractivity contribution is -0.146. The van der Waals surface area contributed by atoms with Gasteiger partial charge in [0.05, 0.1) is 0 Å². The first-order chi connectivity index (χ1) is 14.1. The van der Waals surface area contributed by atoms with Crippen molar-refractivity contribution >= 4 is 22.7 Å². The number of rotatable bonds is 7. The van der Waals surface area contributed by atoms with E-state index in [4.69, 9.17) is 4.74 Å². The Morgan fingerprint density at radius 2 is 1.86 bits per heavy atom. The molecular weight excluding hydrogens is 370 g/mol. The first kappa shape index (κ1) is 18.5. The monoisotopic (exact) mass is 389 g/mol. The van der Waals surface area contributed by atoms with E-state index in [9.17, 15) is 9.59 Å². The molecule has 4 rings (SSSR count). The van der Waals surface area contributed by atoms with Gasteiger partial charge in [-0.3, -0.25) is 4.79 Å². The number of hydrogen-bond donors (Lipinski definition) is 1. The van der Waals surface area contributed by atoms with Gasteiger partial charge in [0.15, 0.2) is 12.6 Å². The van der Waals surface area contributed by atoms with Crippen molar-refractivity contribution in [3.05, 3.63) is 77.7 Å². The van der Waals surface area contributed by atoms with E-state index in [1.54, 1.807) is 0 Å². The Labute approximate surface area is 166 Å². The molecule has 0 amide bonds. The molecule has 0 bridgehead atoms. The Hall–Kier alpha value is -3.81. The van der Waals surface area contributed by atoms with Crippen LogP contribution in [0, 0.1) is 6.92 Å². The molecule has 1 atom stereocenters. The van der Waals surface area contributed by atoms with Crippen LogP contribution in [-0.2, 0) is 16.0 Å². The number of nitrogens with one attached hydrogen (secondary N) is 1. The summed E-state index contributed by atoms with van der Waals surface area (Å²) in [6.45, 7) is 1.48. The van der Waals surface area contributed by atoms with Crippen molar-refractivity contribution in [2.75, 3.05) is 6.61 Å². The molecule has 0 aliphatic carbocycles. The van der Waals surface area contributed by atoms with Gasteiger partial charge in [0, 0.05) is 28.6 Å². The average molecular weight is 389 g/mol. The molecule has 0 saturated heterocycles. The summed E-state index contributed by atoms with van der Waals surface area (Å²) in [5.41, 5.74) is 3.09. The minimum atomic E-state index is -0.760. The highest BCUT2D eigenvalue weighted by Gasteiger charge is 2.26. The third-order valence-corrected chi connectivity index (χ3v) is 4.75. The number of H-pyrrole nitrogens is 1. The first-order valence-corrected chi connectivity index (χ1v) is 9.17. The van der Waals surface area contributed by atoms with Crippen molar-refractivity contribution < 1.29 is 14.3 Å². The van der Waals surface area contributed by atoms with Gasteiger partial charge in [-0.1, -0.05) is 48.5 Å². The van der Waals surface area contributed by atoms with Crippen LogP contribution in [0.3, 0.4) is 0 Å². The summed E-state index contributed by atoms with van der Waals surface area (Å²) in [6, 6.07) is 16.3. The van der Waals surface area contributed by atoms with Gasteiger partial charge in [0.25, 0.3) is 0 Å². The Morgan fingerprint density at radius 3 is 2.62 bits per heavy atom. The predicted molar refractivity (Wildman–Crippen MR) is 105 cm³/mol. The number of benzene rings is 2. The van der Waals surface area contributed by atoms with E-state index in [2.05, 4.69) is 20.5 Å². The number of esters is 1. The molecule has 8 nitrogen and oxygen atoms in total. The van der Waals surface area contributed by atoms with Crippen LogP contribution >= 0.6 is 0 Å². The minimum absolute atomic E-state index is 0.261. The van der Waals surface area contributed by atoms with E-state index in [1.807, 2.05) is 61.5 Å². The summed E-state index contributed by atoms with van der Waals surface area (Å²) in [7, 11) is 0. The van der Waals surface area contributed by atoms with Gasteiger partial charge in [-0.25, -0.2) is 9.48 Å². The molecule has 146 valence electrons. The van der Waals surface area contributed by atoms with E-state index >= 15 is 0 Å². The molecule has 0 unspecified atom stereocenters. The van der Waals surface area contributed by atoms with E-state index in [0.29, 0.717) is 12.0 Å². The van der Waals surface area contributed by atoms with Crippen molar-refractivity contribution in [2.24, 2.45) is 0 Å². The lowest BCUT2D eigenvalue weighted by Gasteiger charge is -2.15. The van der Waals surface area contributed by atoms with Crippen LogP contribution in [0.4, 0.5) is 0 Å². The molecule has 2 aromatic carbocycles. The Bertz CT molecular complexity index is 1140. The van der Waals surface area contributed by atoms with Gasteiger partial charge < -0.3 is 9.72 Å². The normalized spacial score (nSPS) is 12.0. The van der Waals surface area contributed by atoms with Gasteiger partial charge in [-0.15, -0.1) is 5.10 Å². The first-order valence-electron chi connectivity index (χ1n) is 9.17. The number of nitrogens with zero attached hydrogens (tertiary/aromatic N) is 4. The molecule has 29 heavy (non-hydrogen) atoms. The number of Topliss-reactive ketones (excluding diaryl/α,β-unsaturated/α-hetero) is 1. The van der Waals surface area contributed by atoms with Crippen LogP contribution in [0.5, 0.6) is 0 Å². The van der Waals surface area contributed by atoms with Gasteiger partial charge in [0.2, 0.25) is 5.78 Å². The second-order valence-corrected chi connectivity index (χ2v) is 6.70. The number of fused-ring (bicyclic) bond motifs is 1. The second-order valence-electron chi connectivity index (χ2n) is 6.70. The maximum absolute atomic E-state index is 12.8. The molecule has 0 saturated carbocycles. The summed E-state index contributed by atoms with van der Waals surface area (Å²) in [5, 5.41) is 11.8. The zero-order valence-corrected chi connectivity index (χ0v) is 15.8. The number of ether oxygens (including phenoxy) is 1. The molecule has 0 fully saturated rings. The molecule has 0 aliphatic rings. The summed E-state index contributed by atoms with van der Waals surface area (Å²) < 4.78 is 6.71. The number of carbonyl (C=O) groups excluding carboxylic acids is 2. The Morgan fingerprint density at radius 1 is 1.10 bits per heavy atom. The number of aromatic nitrogens is 5. The topological polar surface area (TPSA) is 103 Å². The van der Waals surface area contributed by atoms with Crippen LogP contribution in [-0.4, -0.2) is 43.6 Å². The molecule has 0 aliphatic heterocycles. The maximum atomic E-state index is 12.8. The summed E-state index contributed by atoms with van der Waals surface area (Å²) in [4.78, 5) is 28.7. The van der Waals surface area contributed by atoms with Crippen molar-refractivity contribution in [3.63, 3.8) is 0 Å². The number of aromatic amines is 1. The van der Waals surface area contributed by atoms with E-state index in [0.717, 1.165) is 22.2 Å². The molecule has 4 aromatic rings. The number of hydrogen-bond acceptors (Lipinski definition) is 6. The highest BCUT2D eigenvalue weighted by Crippen LogP contribution is 2.23. The van der Waals surface area contributed by atoms with E-state index in [-0.39, 0.29) is 12.4 Å². The quantitative estimate of drug-likeness (QED) is 0.385. The highest BCUT2D eigenvalue weighted by atomic mass is 16.5. The van der Waals surface area contributed by atoms with Crippen molar-refractivity contribution in [1.29, 1.82) is 0 Å². The van der Waals surface area contributed by atoms with Crippen molar-refractivity contribution in [2.45, 2.75) is 19.4 Å². The third kappa shape index (κ3) is 3.91. The number of tetrazole rings is 1. The second kappa shape index (κ2) is 8.05. The third-order valence-electron chi connectivity index (χ3n) is 4.75. The standard InChI is InChI=1S/C21H19N5O3/c1-14-20(16-9-5-6-10-17(16)23-14)19(27)12-29-21(28)18(26-13-22-24-25-26)11-15-7-3-2-4-8-15/h2-10,13,18,23H,11-12H2,1H3/t18-/m1/s1. The van der Waals surface area contributed by atoms with Crippen LogP contribution in [0.15, 0.2) is 60.9 Å². The van der Waals surface area contributed by atoms with Gasteiger partial charge in [0.1, 0.15) is 6.33 Å². The smallest absolute Gasteiger partial charge is 0.331 e. The van der Waals surface area contributed by atoms with Gasteiger partial charge in [-0.05, 0) is 29.0 Å². The molecule has 2 aromatic heterocycles. The molecule has 1 N–H and O–H groups in total. The fraction of sp³-hybridized carbons (Fsp3) is 0.190. The molecular formula is C21H19N5O3. The fourth-order valence-electron chi connectivity index (χ4n) is 3.37.